The van der Waals surface area contributed by atoms with Gasteiger partial charge in [-0.3, -0.25) is 4.79 Å². The summed E-state index contributed by atoms with van der Waals surface area (Å²) in [5, 5.41) is 5.02. The predicted molar refractivity (Wildman–Crippen MR) is 91.7 cm³/mol. The van der Waals surface area contributed by atoms with E-state index in [4.69, 9.17) is 16.3 Å². The lowest BCUT2D eigenvalue weighted by atomic mass is 10.0. The maximum Gasteiger partial charge on any atom is 0.257 e. The van der Waals surface area contributed by atoms with Crippen molar-refractivity contribution in [3.05, 3.63) is 40.4 Å². The van der Waals surface area contributed by atoms with Gasteiger partial charge in [0.05, 0.1) is 18.7 Å². The Morgan fingerprint density at radius 3 is 2.83 bits per heavy atom. The first-order valence-electron chi connectivity index (χ1n) is 8.02. The molecule has 7 heteroatoms. The van der Waals surface area contributed by atoms with Crippen LogP contribution in [-0.2, 0) is 0 Å². The number of piperidine rings is 1. The normalized spacial score (nSPS) is 17.8. The number of nitrogens with zero attached hydrogens (tertiary/aromatic N) is 4. The highest BCUT2D eigenvalue weighted by Crippen LogP contribution is 2.28. The maximum atomic E-state index is 12.9. The first kappa shape index (κ1) is 16.8. The van der Waals surface area contributed by atoms with Crippen molar-refractivity contribution in [1.29, 1.82) is 0 Å². The molecule has 0 bridgehead atoms. The number of aromatic nitrogens is 3. The summed E-state index contributed by atoms with van der Waals surface area (Å²) in [6.07, 6.45) is 1.93. The lowest BCUT2D eigenvalue weighted by Crippen LogP contribution is -2.41. The molecule has 3 rings (SSSR count). The molecule has 2 heterocycles. The Balaban J connectivity index is 1.82. The molecule has 1 fully saturated rings. The van der Waals surface area contributed by atoms with Crippen molar-refractivity contribution in [2.75, 3.05) is 20.2 Å². The molecule has 0 saturated carbocycles. The van der Waals surface area contributed by atoms with E-state index in [0.717, 1.165) is 31.0 Å². The van der Waals surface area contributed by atoms with Crippen molar-refractivity contribution in [2.45, 2.75) is 32.7 Å². The first-order chi connectivity index (χ1) is 11.5. The molecule has 0 N–H and O–H groups in total. The molecule has 1 aromatic heterocycles. The molecule has 0 aliphatic carbocycles. The number of amides is 1. The molecule has 1 aliphatic rings. The van der Waals surface area contributed by atoms with E-state index in [1.54, 1.807) is 25.3 Å². The maximum absolute atomic E-state index is 12.9. The summed E-state index contributed by atoms with van der Waals surface area (Å²) >= 11 is 5.99. The van der Waals surface area contributed by atoms with Crippen molar-refractivity contribution >= 4 is 17.5 Å². The Hall–Kier alpha value is -2.08. The van der Waals surface area contributed by atoms with Gasteiger partial charge in [-0.15, -0.1) is 0 Å². The fourth-order valence-electron chi connectivity index (χ4n) is 3.23. The van der Waals surface area contributed by atoms with E-state index in [-0.39, 0.29) is 11.9 Å². The van der Waals surface area contributed by atoms with Crippen molar-refractivity contribution < 1.29 is 9.53 Å². The molecule has 6 nitrogen and oxygen atoms in total. The van der Waals surface area contributed by atoms with E-state index in [0.29, 0.717) is 22.9 Å². The van der Waals surface area contributed by atoms with Crippen LogP contribution in [0.25, 0.3) is 0 Å². The van der Waals surface area contributed by atoms with Gasteiger partial charge in [0.25, 0.3) is 5.91 Å². The number of halogens is 1. The van der Waals surface area contributed by atoms with Gasteiger partial charge in [-0.1, -0.05) is 11.6 Å². The van der Waals surface area contributed by atoms with Crippen LogP contribution in [0.2, 0.25) is 5.02 Å². The fourth-order valence-corrected chi connectivity index (χ4v) is 3.39. The van der Waals surface area contributed by atoms with Gasteiger partial charge in [-0.2, -0.15) is 5.10 Å². The van der Waals surface area contributed by atoms with Gasteiger partial charge in [0.15, 0.2) is 0 Å². The number of methoxy groups -OCH3 is 1. The number of carbonyl (C=O) groups is 1. The zero-order chi connectivity index (χ0) is 17.3. The molecule has 2 aromatic rings. The Kier molecular flexibility index (Phi) is 4.76. The Bertz CT molecular complexity index is 759. The molecule has 128 valence electrons. The smallest absolute Gasteiger partial charge is 0.257 e. The number of likely N-dealkylation sites (tertiary alicyclic amines) is 1. The largest absolute Gasteiger partial charge is 0.496 e. The minimum atomic E-state index is -0.0392. The third kappa shape index (κ3) is 3.24. The van der Waals surface area contributed by atoms with Gasteiger partial charge in [-0.05, 0) is 44.9 Å². The Morgan fingerprint density at radius 2 is 2.17 bits per heavy atom. The first-order valence-corrected chi connectivity index (χ1v) is 8.40. The molecule has 1 amide bonds. The van der Waals surface area contributed by atoms with Crippen molar-refractivity contribution in [2.24, 2.45) is 0 Å². The van der Waals surface area contributed by atoms with E-state index in [9.17, 15) is 4.79 Å². The molecule has 1 aliphatic heterocycles. The quantitative estimate of drug-likeness (QED) is 0.855. The third-order valence-electron chi connectivity index (χ3n) is 4.33. The van der Waals surface area contributed by atoms with E-state index < -0.39 is 0 Å². The van der Waals surface area contributed by atoms with Gasteiger partial charge in [0, 0.05) is 18.1 Å². The van der Waals surface area contributed by atoms with Crippen LogP contribution >= 0.6 is 11.6 Å². The topological polar surface area (TPSA) is 60.2 Å². The molecule has 1 atom stereocenters. The molecule has 1 saturated heterocycles. The highest BCUT2D eigenvalue weighted by molar-refractivity contribution is 6.30. The highest BCUT2D eigenvalue weighted by Gasteiger charge is 2.28. The lowest BCUT2D eigenvalue weighted by Gasteiger charge is -2.33. The fraction of sp³-hybridized carbons (Fsp3) is 0.471. The van der Waals surface area contributed by atoms with Gasteiger partial charge >= 0.3 is 0 Å². The van der Waals surface area contributed by atoms with Crippen LogP contribution in [0, 0.1) is 13.8 Å². The summed E-state index contributed by atoms with van der Waals surface area (Å²) in [5.74, 6) is 2.11. The monoisotopic (exact) mass is 348 g/mol. The molecule has 0 spiro atoms. The van der Waals surface area contributed by atoms with Gasteiger partial charge in [-0.25, -0.2) is 9.67 Å². The number of hydrogen-bond donors (Lipinski definition) is 0. The number of rotatable bonds is 3. The van der Waals surface area contributed by atoms with Crippen LogP contribution < -0.4 is 4.74 Å². The summed E-state index contributed by atoms with van der Waals surface area (Å²) in [4.78, 5) is 19.1. The van der Waals surface area contributed by atoms with Crippen LogP contribution in [0.5, 0.6) is 5.75 Å². The van der Waals surface area contributed by atoms with Crippen LogP contribution in [0.4, 0.5) is 0 Å². The predicted octanol–water partition coefficient (Wildman–Crippen LogP) is 3.03. The zero-order valence-corrected chi connectivity index (χ0v) is 14.9. The van der Waals surface area contributed by atoms with Crippen molar-refractivity contribution in [1.82, 2.24) is 19.7 Å². The van der Waals surface area contributed by atoms with Gasteiger partial charge in [0.1, 0.15) is 17.4 Å². The second kappa shape index (κ2) is 6.81. The molecule has 0 radical (unpaired) electrons. The third-order valence-corrected chi connectivity index (χ3v) is 4.57. The van der Waals surface area contributed by atoms with Crippen LogP contribution in [0.3, 0.4) is 0 Å². The SMILES string of the molecule is COc1cc(Cl)ccc1C(=O)N1CCC[C@@H](n2nc(C)nc2C)C1. The van der Waals surface area contributed by atoms with Gasteiger partial charge < -0.3 is 9.64 Å². The van der Waals surface area contributed by atoms with Crippen molar-refractivity contribution in [3.63, 3.8) is 0 Å². The minimum absolute atomic E-state index is 0.0392. The van der Waals surface area contributed by atoms with Crippen LogP contribution in [0.15, 0.2) is 18.2 Å². The summed E-state index contributed by atoms with van der Waals surface area (Å²) in [7, 11) is 1.54. The van der Waals surface area contributed by atoms with Gasteiger partial charge in [0.2, 0.25) is 0 Å². The molecular formula is C17H21ClN4O2. The molecule has 1 aromatic carbocycles. The minimum Gasteiger partial charge on any atom is -0.496 e. The zero-order valence-electron chi connectivity index (χ0n) is 14.1. The molecule has 0 unspecified atom stereocenters. The summed E-state index contributed by atoms with van der Waals surface area (Å²) in [6, 6.07) is 5.25. The lowest BCUT2D eigenvalue weighted by molar-refractivity contribution is 0.0668. The van der Waals surface area contributed by atoms with Crippen molar-refractivity contribution in [3.8, 4) is 5.75 Å². The Morgan fingerprint density at radius 1 is 1.38 bits per heavy atom. The van der Waals surface area contributed by atoms with E-state index in [1.807, 2.05) is 23.4 Å². The second-order valence-corrected chi connectivity index (χ2v) is 6.48. The second-order valence-electron chi connectivity index (χ2n) is 6.04. The van der Waals surface area contributed by atoms with E-state index in [2.05, 4.69) is 10.1 Å². The molecule has 24 heavy (non-hydrogen) atoms. The number of benzene rings is 1. The summed E-state index contributed by atoms with van der Waals surface area (Å²) in [6.45, 7) is 5.18. The van der Waals surface area contributed by atoms with Crippen LogP contribution in [-0.4, -0.2) is 45.8 Å². The number of carbonyl (C=O) groups excluding carboxylic acids is 1. The van der Waals surface area contributed by atoms with E-state index >= 15 is 0 Å². The number of hydrogen-bond acceptors (Lipinski definition) is 4. The molecular weight excluding hydrogens is 328 g/mol. The van der Waals surface area contributed by atoms with Crippen LogP contribution in [0.1, 0.15) is 40.9 Å². The summed E-state index contributed by atoms with van der Waals surface area (Å²) in [5.41, 5.74) is 0.536. The summed E-state index contributed by atoms with van der Waals surface area (Å²) < 4.78 is 7.25. The number of ether oxygens (including phenoxy) is 1. The Labute approximate surface area is 146 Å². The standard InChI is InChI=1S/C17H21ClN4O2/c1-11-19-12(2)22(20-11)14-5-4-8-21(10-14)17(23)15-7-6-13(18)9-16(15)24-3/h6-7,9,14H,4-5,8,10H2,1-3H3/t14-/m1/s1. The average Bonchev–Trinajstić information content (AvgIpc) is 2.92. The van der Waals surface area contributed by atoms with E-state index in [1.165, 1.54) is 0 Å². The average molecular weight is 349 g/mol. The highest BCUT2D eigenvalue weighted by atomic mass is 35.5. The number of aryl methyl sites for hydroxylation is 2.